The maximum atomic E-state index is 13.1. The van der Waals surface area contributed by atoms with Crippen molar-refractivity contribution in [2.75, 3.05) is 7.05 Å². The van der Waals surface area contributed by atoms with Gasteiger partial charge in [0, 0.05) is 28.2 Å². The monoisotopic (exact) mass is 240 g/mol. The van der Waals surface area contributed by atoms with Gasteiger partial charge in [0.2, 0.25) is 0 Å². The Morgan fingerprint density at radius 1 is 1.47 bits per heavy atom. The van der Waals surface area contributed by atoms with E-state index in [-0.39, 0.29) is 18.0 Å². The Labute approximate surface area is 98.6 Å². The number of nitrogens with zero attached hydrogens (tertiary/aromatic N) is 1. The molecule has 1 aliphatic rings. The molecule has 0 spiro atoms. The summed E-state index contributed by atoms with van der Waals surface area (Å²) in [6.07, 6.45) is 1.42. The Bertz CT molecular complexity index is 436. The van der Waals surface area contributed by atoms with Crippen LogP contribution in [0, 0.1) is 10.7 Å². The molecule has 0 amide bonds. The zero-order valence-electron chi connectivity index (χ0n) is 9.60. The highest BCUT2D eigenvalue weighted by molar-refractivity contribution is 5.46. The lowest BCUT2D eigenvalue weighted by atomic mass is 10.2. The standard InChI is InChI=1S/C12H15FNO3/c1-14(16)11-5-2-8(13)6-12(11)17-10-4-3-9(15)7-10/h2,5-6,9-10,15H,3-4,7H2,1H3/q+1. The summed E-state index contributed by atoms with van der Waals surface area (Å²) in [5.74, 6) is -0.203. The maximum absolute atomic E-state index is 13.1. The fourth-order valence-corrected chi connectivity index (χ4v) is 2.05. The first-order valence-electron chi connectivity index (χ1n) is 5.61. The lowest BCUT2D eigenvalue weighted by Crippen LogP contribution is -2.14. The summed E-state index contributed by atoms with van der Waals surface area (Å²) < 4.78 is 19.3. The highest BCUT2D eigenvalue weighted by atomic mass is 19.1. The minimum Gasteiger partial charge on any atom is -0.483 e. The third kappa shape index (κ3) is 2.79. The van der Waals surface area contributed by atoms with Gasteiger partial charge in [0.05, 0.1) is 6.10 Å². The van der Waals surface area contributed by atoms with Crippen molar-refractivity contribution in [2.45, 2.75) is 31.5 Å². The van der Waals surface area contributed by atoms with Crippen LogP contribution in [0.3, 0.4) is 0 Å². The second-order valence-corrected chi connectivity index (χ2v) is 4.32. The lowest BCUT2D eigenvalue weighted by Gasteiger charge is -2.12. The van der Waals surface area contributed by atoms with Crippen LogP contribution < -0.4 is 4.74 Å². The summed E-state index contributed by atoms with van der Waals surface area (Å²) in [5, 5.41) is 9.38. The quantitative estimate of drug-likeness (QED) is 0.824. The Kier molecular flexibility index (Phi) is 3.38. The van der Waals surface area contributed by atoms with E-state index in [9.17, 15) is 14.4 Å². The van der Waals surface area contributed by atoms with Crippen LogP contribution in [0.5, 0.6) is 5.75 Å². The van der Waals surface area contributed by atoms with Crippen LogP contribution in [-0.4, -0.2) is 29.1 Å². The minimum atomic E-state index is -0.441. The number of aliphatic hydroxyl groups is 1. The highest BCUT2D eigenvalue weighted by Gasteiger charge is 2.27. The van der Waals surface area contributed by atoms with E-state index in [1.54, 1.807) is 0 Å². The van der Waals surface area contributed by atoms with Crippen molar-refractivity contribution in [3.8, 4) is 5.75 Å². The first-order valence-corrected chi connectivity index (χ1v) is 5.61. The van der Waals surface area contributed by atoms with Crippen LogP contribution in [0.15, 0.2) is 18.2 Å². The van der Waals surface area contributed by atoms with Crippen LogP contribution >= 0.6 is 0 Å². The molecule has 2 rings (SSSR count). The predicted octanol–water partition coefficient (Wildman–Crippen LogP) is 2.16. The summed E-state index contributed by atoms with van der Waals surface area (Å²) in [6, 6.07) is 3.82. The zero-order valence-corrected chi connectivity index (χ0v) is 9.60. The molecule has 0 aliphatic heterocycles. The Hall–Kier alpha value is -1.49. The smallest absolute Gasteiger partial charge is 0.297 e. The molecular weight excluding hydrogens is 225 g/mol. The van der Waals surface area contributed by atoms with E-state index in [0.29, 0.717) is 23.3 Å². The second kappa shape index (κ2) is 4.79. The van der Waals surface area contributed by atoms with Gasteiger partial charge in [0.15, 0.2) is 12.8 Å². The van der Waals surface area contributed by atoms with E-state index >= 15 is 0 Å². The Balaban J connectivity index is 2.19. The largest absolute Gasteiger partial charge is 0.483 e. The van der Waals surface area contributed by atoms with E-state index in [1.807, 2.05) is 0 Å². The topological polar surface area (TPSA) is 49.5 Å². The number of rotatable bonds is 3. The summed E-state index contributed by atoms with van der Waals surface area (Å²) in [5.41, 5.74) is 0.299. The van der Waals surface area contributed by atoms with Gasteiger partial charge in [-0.15, -0.1) is 0 Å². The summed E-state index contributed by atoms with van der Waals surface area (Å²) in [4.78, 5) is 11.3. The minimum absolute atomic E-state index is 0.148. The van der Waals surface area contributed by atoms with E-state index in [1.165, 1.54) is 25.2 Å². The molecule has 5 heteroatoms. The van der Waals surface area contributed by atoms with E-state index in [0.717, 1.165) is 6.42 Å². The lowest BCUT2D eigenvalue weighted by molar-refractivity contribution is -0.429. The number of hydrogen-bond donors (Lipinski definition) is 1. The van der Waals surface area contributed by atoms with Crippen LogP contribution in [0.4, 0.5) is 10.1 Å². The average Bonchev–Trinajstić information content (AvgIpc) is 2.63. The van der Waals surface area contributed by atoms with Crippen LogP contribution in [0.1, 0.15) is 19.3 Å². The van der Waals surface area contributed by atoms with Gasteiger partial charge in [-0.1, -0.05) is 0 Å². The summed E-state index contributed by atoms with van der Waals surface area (Å²) >= 11 is 0. The van der Waals surface area contributed by atoms with Gasteiger partial charge in [0.1, 0.15) is 11.9 Å². The normalized spacial score (nSPS) is 23.7. The van der Waals surface area contributed by atoms with Crippen molar-refractivity contribution in [3.63, 3.8) is 0 Å². The number of halogens is 1. The molecule has 2 unspecified atom stereocenters. The molecule has 0 bridgehead atoms. The number of nitroso groups, excluding NO2 is 1. The molecule has 0 saturated heterocycles. The first-order chi connectivity index (χ1) is 8.06. The molecule has 1 aliphatic carbocycles. The zero-order chi connectivity index (χ0) is 12.4. The third-order valence-electron chi connectivity index (χ3n) is 2.91. The molecule has 92 valence electrons. The van der Waals surface area contributed by atoms with Gasteiger partial charge >= 0.3 is 0 Å². The molecule has 1 fully saturated rings. The molecule has 17 heavy (non-hydrogen) atoms. The molecule has 2 atom stereocenters. The van der Waals surface area contributed by atoms with Crippen LogP contribution in [0.2, 0.25) is 0 Å². The van der Waals surface area contributed by atoms with Gasteiger partial charge in [-0.2, -0.15) is 0 Å². The number of ether oxygens (including phenoxy) is 1. The number of aliphatic hydroxyl groups excluding tert-OH is 1. The fraction of sp³-hybridized carbons (Fsp3) is 0.500. The summed E-state index contributed by atoms with van der Waals surface area (Å²) in [6.45, 7) is 0. The molecular formula is C12H15FNO3+. The van der Waals surface area contributed by atoms with Crippen molar-refractivity contribution >= 4 is 5.69 Å². The van der Waals surface area contributed by atoms with Gasteiger partial charge in [-0.25, -0.2) is 4.39 Å². The third-order valence-corrected chi connectivity index (χ3v) is 2.91. The predicted molar refractivity (Wildman–Crippen MR) is 59.9 cm³/mol. The molecule has 4 nitrogen and oxygen atoms in total. The van der Waals surface area contributed by atoms with Crippen molar-refractivity contribution in [3.05, 3.63) is 28.9 Å². The Morgan fingerprint density at radius 2 is 2.24 bits per heavy atom. The van der Waals surface area contributed by atoms with Crippen molar-refractivity contribution < 1.29 is 19.0 Å². The van der Waals surface area contributed by atoms with Gasteiger partial charge in [-0.05, 0) is 18.9 Å². The molecule has 0 heterocycles. The van der Waals surface area contributed by atoms with E-state index in [2.05, 4.69) is 0 Å². The molecule has 1 N–H and O–H groups in total. The van der Waals surface area contributed by atoms with Crippen LogP contribution in [-0.2, 0) is 0 Å². The molecule has 1 aromatic rings. The van der Waals surface area contributed by atoms with Crippen LogP contribution in [0.25, 0.3) is 0 Å². The fourth-order valence-electron chi connectivity index (χ4n) is 2.05. The van der Waals surface area contributed by atoms with Crippen molar-refractivity contribution in [1.82, 2.24) is 0 Å². The van der Waals surface area contributed by atoms with Gasteiger partial charge in [-0.3, -0.25) is 0 Å². The summed E-state index contributed by atoms with van der Waals surface area (Å²) in [7, 11) is 1.34. The number of hydrogen-bond acceptors (Lipinski definition) is 3. The van der Waals surface area contributed by atoms with E-state index < -0.39 is 5.82 Å². The number of benzene rings is 1. The molecule has 1 saturated carbocycles. The van der Waals surface area contributed by atoms with Crippen molar-refractivity contribution in [2.24, 2.45) is 0 Å². The van der Waals surface area contributed by atoms with Gasteiger partial charge in [0.25, 0.3) is 5.69 Å². The maximum Gasteiger partial charge on any atom is 0.297 e. The van der Waals surface area contributed by atoms with Gasteiger partial charge < -0.3 is 9.84 Å². The molecule has 0 aromatic heterocycles. The average molecular weight is 240 g/mol. The van der Waals surface area contributed by atoms with E-state index in [4.69, 9.17) is 4.74 Å². The first kappa shape index (κ1) is 12.0. The van der Waals surface area contributed by atoms with Crippen molar-refractivity contribution in [1.29, 1.82) is 0 Å². The SMILES string of the molecule is C[N+](=O)c1ccc(F)cc1OC1CCC(O)C1. The highest BCUT2D eigenvalue weighted by Crippen LogP contribution is 2.31. The Morgan fingerprint density at radius 3 is 2.82 bits per heavy atom. The second-order valence-electron chi connectivity index (χ2n) is 4.32. The molecule has 0 radical (unpaired) electrons. The molecule has 1 aromatic carbocycles.